The highest BCUT2D eigenvalue weighted by molar-refractivity contribution is 14.0. The number of piperazine rings is 1. The van der Waals surface area contributed by atoms with Crippen LogP contribution in [0.4, 0.5) is 0 Å². The molecule has 3 rings (SSSR count). The third-order valence-corrected chi connectivity index (χ3v) is 5.15. The second kappa shape index (κ2) is 11.0. The van der Waals surface area contributed by atoms with E-state index in [4.69, 9.17) is 4.74 Å². The van der Waals surface area contributed by atoms with Gasteiger partial charge in [-0.25, -0.2) is 0 Å². The number of amides is 1. The van der Waals surface area contributed by atoms with E-state index in [-0.39, 0.29) is 36.0 Å². The molecule has 2 fully saturated rings. The van der Waals surface area contributed by atoms with Gasteiger partial charge in [-0.15, -0.1) is 24.0 Å². The highest BCUT2D eigenvalue weighted by Crippen LogP contribution is 2.21. The zero-order valence-electron chi connectivity index (χ0n) is 17.0. The Balaban J connectivity index is 0.00000280. The number of aliphatic imine (C=N–C) groups is 1. The van der Waals surface area contributed by atoms with Gasteiger partial charge < -0.3 is 24.8 Å². The largest absolute Gasteiger partial charge is 0.370 e. The predicted octanol–water partition coefficient (Wildman–Crippen LogP) is 0.151. The second-order valence-corrected chi connectivity index (χ2v) is 7.16. The summed E-state index contributed by atoms with van der Waals surface area (Å²) in [5, 5.41) is 7.56. The molecule has 0 aliphatic carbocycles. The summed E-state index contributed by atoms with van der Waals surface area (Å²) in [7, 11) is 5.77. The van der Waals surface area contributed by atoms with Crippen LogP contribution in [-0.2, 0) is 16.6 Å². The summed E-state index contributed by atoms with van der Waals surface area (Å²) in [6.45, 7) is 6.27. The number of hydrogen-bond acceptors (Lipinski definition) is 5. The van der Waals surface area contributed by atoms with E-state index in [0.29, 0.717) is 19.6 Å². The normalized spacial score (nSPS) is 21.4. The first-order chi connectivity index (χ1) is 13.1. The molecule has 1 amide bonds. The highest BCUT2D eigenvalue weighted by atomic mass is 127. The molecule has 1 aromatic rings. The Labute approximate surface area is 184 Å². The quantitative estimate of drug-likeness (QED) is 0.357. The summed E-state index contributed by atoms with van der Waals surface area (Å²) in [4.78, 5) is 23.2. The molecular weight excluding hydrogens is 473 g/mol. The van der Waals surface area contributed by atoms with Crippen LogP contribution in [0.3, 0.4) is 0 Å². The summed E-state index contributed by atoms with van der Waals surface area (Å²) < 4.78 is 7.68. The molecule has 1 unspecified atom stereocenters. The van der Waals surface area contributed by atoms with E-state index in [9.17, 15) is 4.79 Å². The molecular formula is C18H32IN7O2. The Hall–Kier alpha value is -1.40. The topological polar surface area (TPSA) is 78.2 Å². The van der Waals surface area contributed by atoms with E-state index in [1.807, 2.05) is 24.3 Å². The lowest BCUT2D eigenvalue weighted by Gasteiger charge is -2.35. The Morgan fingerprint density at radius 1 is 1.25 bits per heavy atom. The summed E-state index contributed by atoms with van der Waals surface area (Å²) in [6, 6.07) is 0. The Bertz CT molecular complexity index is 658. The minimum absolute atomic E-state index is 0. The van der Waals surface area contributed by atoms with Crippen molar-refractivity contribution >= 4 is 35.8 Å². The molecule has 10 heteroatoms. The van der Waals surface area contributed by atoms with Crippen molar-refractivity contribution in [2.45, 2.75) is 12.5 Å². The lowest BCUT2D eigenvalue weighted by Crippen LogP contribution is -2.50. The van der Waals surface area contributed by atoms with Crippen LogP contribution in [-0.4, -0.2) is 103 Å². The molecule has 0 saturated carbocycles. The highest BCUT2D eigenvalue weighted by Gasteiger charge is 2.25. The van der Waals surface area contributed by atoms with Crippen LogP contribution in [0, 0.1) is 0 Å². The van der Waals surface area contributed by atoms with Crippen LogP contribution < -0.4 is 5.32 Å². The third-order valence-electron chi connectivity index (χ3n) is 5.15. The summed E-state index contributed by atoms with van der Waals surface area (Å²) in [5.41, 5.74) is 1.07. The molecule has 2 aliphatic heterocycles. The van der Waals surface area contributed by atoms with Crippen LogP contribution in [0.25, 0.3) is 0 Å². The smallest absolute Gasteiger partial charge is 0.224 e. The molecule has 1 N–H and O–H groups in total. The maximum Gasteiger partial charge on any atom is 0.224 e. The molecule has 2 saturated heterocycles. The number of morpholine rings is 1. The number of nitrogens with zero attached hydrogens (tertiary/aromatic N) is 6. The first-order valence-electron chi connectivity index (χ1n) is 9.59. The van der Waals surface area contributed by atoms with Crippen molar-refractivity contribution in [3.63, 3.8) is 0 Å². The van der Waals surface area contributed by atoms with Crippen LogP contribution >= 0.6 is 24.0 Å². The van der Waals surface area contributed by atoms with Crippen molar-refractivity contribution in [2.75, 3.05) is 66.5 Å². The average Bonchev–Trinajstić information content (AvgIpc) is 3.12. The fourth-order valence-electron chi connectivity index (χ4n) is 3.48. The van der Waals surface area contributed by atoms with Crippen molar-refractivity contribution in [1.82, 2.24) is 29.8 Å². The molecule has 1 aromatic heterocycles. The maximum absolute atomic E-state index is 12.4. The zero-order valence-corrected chi connectivity index (χ0v) is 19.3. The van der Waals surface area contributed by atoms with E-state index >= 15 is 0 Å². The first-order valence-corrected chi connectivity index (χ1v) is 9.59. The van der Waals surface area contributed by atoms with E-state index in [1.165, 1.54) is 0 Å². The van der Waals surface area contributed by atoms with Crippen LogP contribution in [0.2, 0.25) is 0 Å². The average molecular weight is 505 g/mol. The number of likely N-dealkylation sites (N-methyl/N-ethyl adjacent to an activating group) is 1. The van der Waals surface area contributed by atoms with E-state index in [0.717, 1.165) is 50.8 Å². The van der Waals surface area contributed by atoms with E-state index in [1.54, 1.807) is 11.7 Å². The van der Waals surface area contributed by atoms with Gasteiger partial charge >= 0.3 is 0 Å². The molecule has 0 bridgehead atoms. The summed E-state index contributed by atoms with van der Waals surface area (Å²) in [5.74, 6) is 1.03. The molecule has 0 spiro atoms. The second-order valence-electron chi connectivity index (χ2n) is 7.16. The van der Waals surface area contributed by atoms with Gasteiger partial charge in [-0.1, -0.05) is 0 Å². The van der Waals surface area contributed by atoms with Gasteiger partial charge in [-0.3, -0.25) is 14.5 Å². The number of carbonyl (C=O) groups excluding carboxylic acids is 1. The molecule has 0 aromatic carbocycles. The third kappa shape index (κ3) is 6.05. The SMILES string of the molecule is CN=C(NCCC(=O)N1CCN(C)CC1)N1CCOC(c2cnn(C)c2)C1.I. The van der Waals surface area contributed by atoms with Crippen molar-refractivity contribution in [1.29, 1.82) is 0 Å². The molecule has 2 aliphatic rings. The zero-order chi connectivity index (χ0) is 19.2. The molecule has 1 atom stereocenters. The van der Waals surface area contributed by atoms with Gasteiger partial charge in [0, 0.05) is 71.5 Å². The van der Waals surface area contributed by atoms with Crippen molar-refractivity contribution in [3.05, 3.63) is 18.0 Å². The minimum Gasteiger partial charge on any atom is -0.370 e. The number of aromatic nitrogens is 2. The van der Waals surface area contributed by atoms with Gasteiger partial charge in [0.2, 0.25) is 5.91 Å². The Morgan fingerprint density at radius 3 is 2.64 bits per heavy atom. The van der Waals surface area contributed by atoms with Gasteiger partial charge in [-0.05, 0) is 7.05 Å². The predicted molar refractivity (Wildman–Crippen MR) is 119 cm³/mol. The number of aryl methyl sites for hydroxylation is 1. The minimum atomic E-state index is -0.0158. The monoisotopic (exact) mass is 505 g/mol. The molecule has 0 radical (unpaired) electrons. The maximum atomic E-state index is 12.4. The number of rotatable bonds is 4. The van der Waals surface area contributed by atoms with Gasteiger partial charge in [-0.2, -0.15) is 5.10 Å². The van der Waals surface area contributed by atoms with Crippen molar-refractivity contribution in [2.24, 2.45) is 12.0 Å². The van der Waals surface area contributed by atoms with Crippen LogP contribution in [0.15, 0.2) is 17.4 Å². The van der Waals surface area contributed by atoms with Crippen molar-refractivity contribution < 1.29 is 9.53 Å². The Kier molecular flexibility index (Phi) is 8.96. The lowest BCUT2D eigenvalue weighted by atomic mass is 10.1. The van der Waals surface area contributed by atoms with E-state index in [2.05, 4.69) is 32.3 Å². The fraction of sp³-hybridized carbons (Fsp3) is 0.722. The first kappa shape index (κ1) is 22.9. The number of hydrogen-bond donors (Lipinski definition) is 1. The molecule has 3 heterocycles. The number of guanidine groups is 1. The molecule has 158 valence electrons. The van der Waals surface area contributed by atoms with E-state index < -0.39 is 0 Å². The standard InChI is InChI=1S/C18H31N7O2.HI/c1-19-18(20-5-4-17(26)24-8-6-22(2)7-9-24)25-10-11-27-16(14-25)15-12-21-23(3)13-15;/h12-13,16H,4-11,14H2,1-3H3,(H,19,20);1H. The van der Waals surface area contributed by atoms with Gasteiger partial charge in [0.25, 0.3) is 0 Å². The number of carbonyl (C=O) groups is 1. The fourth-order valence-corrected chi connectivity index (χ4v) is 3.48. The van der Waals surface area contributed by atoms with Crippen LogP contribution in [0.5, 0.6) is 0 Å². The lowest BCUT2D eigenvalue weighted by molar-refractivity contribution is -0.132. The summed E-state index contributed by atoms with van der Waals surface area (Å²) in [6.07, 6.45) is 4.30. The summed E-state index contributed by atoms with van der Waals surface area (Å²) >= 11 is 0. The molecule has 28 heavy (non-hydrogen) atoms. The van der Waals surface area contributed by atoms with Crippen molar-refractivity contribution in [3.8, 4) is 0 Å². The number of halogens is 1. The van der Waals surface area contributed by atoms with Crippen LogP contribution in [0.1, 0.15) is 18.1 Å². The number of nitrogens with one attached hydrogen (secondary N) is 1. The molecule has 9 nitrogen and oxygen atoms in total. The van der Waals surface area contributed by atoms with Gasteiger partial charge in [0.05, 0.1) is 19.3 Å². The number of ether oxygens (including phenoxy) is 1. The van der Waals surface area contributed by atoms with Gasteiger partial charge in [0.1, 0.15) is 6.10 Å². The van der Waals surface area contributed by atoms with Gasteiger partial charge in [0.15, 0.2) is 5.96 Å². The Morgan fingerprint density at radius 2 is 2.00 bits per heavy atom.